The number of benzene rings is 1. The average molecular weight is 425 g/mol. The fraction of sp³-hybridized carbons (Fsp3) is 0.435. The van der Waals surface area contributed by atoms with Crippen LogP contribution in [0.3, 0.4) is 0 Å². The normalized spacial score (nSPS) is 17.2. The van der Waals surface area contributed by atoms with E-state index in [-0.39, 0.29) is 12.0 Å². The Morgan fingerprint density at radius 2 is 2.13 bits per heavy atom. The molecule has 0 radical (unpaired) electrons. The predicted molar refractivity (Wildman–Crippen MR) is 120 cm³/mol. The number of thiophene rings is 1. The van der Waals surface area contributed by atoms with E-state index in [0.29, 0.717) is 19.6 Å². The van der Waals surface area contributed by atoms with E-state index in [1.165, 1.54) is 4.88 Å². The van der Waals surface area contributed by atoms with Crippen molar-refractivity contribution in [2.45, 2.75) is 51.7 Å². The molecule has 7 heteroatoms. The van der Waals surface area contributed by atoms with Crippen molar-refractivity contribution in [2.75, 3.05) is 18.5 Å². The van der Waals surface area contributed by atoms with Gasteiger partial charge in [-0.25, -0.2) is 9.97 Å². The Hall–Kier alpha value is -2.51. The highest BCUT2D eigenvalue weighted by Gasteiger charge is 2.26. The number of esters is 1. The molecule has 1 aromatic carbocycles. The van der Waals surface area contributed by atoms with E-state index in [1.807, 2.05) is 25.1 Å². The largest absolute Gasteiger partial charge is 0.466 e. The van der Waals surface area contributed by atoms with Gasteiger partial charge in [0.25, 0.3) is 0 Å². The van der Waals surface area contributed by atoms with E-state index in [1.54, 1.807) is 11.3 Å². The molecule has 3 aromatic rings. The van der Waals surface area contributed by atoms with Crippen LogP contribution in [0.25, 0.3) is 10.9 Å². The van der Waals surface area contributed by atoms with Gasteiger partial charge in [0.1, 0.15) is 11.6 Å². The van der Waals surface area contributed by atoms with Crippen molar-refractivity contribution in [3.8, 4) is 0 Å². The van der Waals surface area contributed by atoms with Crippen LogP contribution in [0, 0.1) is 0 Å². The Balaban J connectivity index is 1.54. The third kappa shape index (κ3) is 5.15. The van der Waals surface area contributed by atoms with Crippen molar-refractivity contribution < 1.29 is 9.53 Å². The van der Waals surface area contributed by atoms with Gasteiger partial charge in [-0.15, -0.1) is 11.3 Å². The number of carbonyl (C=O) groups excluding carboxylic acids is 1. The fourth-order valence-electron chi connectivity index (χ4n) is 4.01. The minimum Gasteiger partial charge on any atom is -0.466 e. The maximum Gasteiger partial charge on any atom is 0.307 e. The standard InChI is InChI=1S/C23H28N4O2S/c1-2-29-22(28)14-17-8-5-6-12-27(17)16-21-25-20-11-4-3-10-19(20)23(26-21)24-15-18-9-7-13-30-18/h3-4,7,9-11,13,17H,2,5-6,8,12,14-16H2,1H3,(H,24,25,26). The minimum absolute atomic E-state index is 0.118. The first-order valence-electron chi connectivity index (χ1n) is 10.6. The summed E-state index contributed by atoms with van der Waals surface area (Å²) in [4.78, 5) is 25.3. The molecule has 0 spiro atoms. The lowest BCUT2D eigenvalue weighted by atomic mass is 9.99. The van der Waals surface area contributed by atoms with E-state index >= 15 is 0 Å². The molecule has 0 aliphatic carbocycles. The monoisotopic (exact) mass is 424 g/mol. The molecule has 30 heavy (non-hydrogen) atoms. The second kappa shape index (κ2) is 10.00. The second-order valence-corrected chi connectivity index (χ2v) is 8.60. The molecule has 0 bridgehead atoms. The fourth-order valence-corrected chi connectivity index (χ4v) is 4.65. The molecule has 1 atom stereocenters. The quantitative estimate of drug-likeness (QED) is 0.533. The smallest absolute Gasteiger partial charge is 0.307 e. The van der Waals surface area contributed by atoms with E-state index < -0.39 is 0 Å². The molecule has 0 amide bonds. The Labute approximate surface area is 181 Å². The van der Waals surface area contributed by atoms with E-state index in [9.17, 15) is 4.79 Å². The first kappa shape index (κ1) is 20.8. The lowest BCUT2D eigenvalue weighted by Gasteiger charge is -2.34. The van der Waals surface area contributed by atoms with Gasteiger partial charge < -0.3 is 10.1 Å². The lowest BCUT2D eigenvalue weighted by Crippen LogP contribution is -2.41. The average Bonchev–Trinajstić information content (AvgIpc) is 3.27. The SMILES string of the molecule is CCOC(=O)CC1CCCCN1Cc1nc(NCc2cccs2)c2ccccc2n1. The molecular formula is C23H28N4O2S. The van der Waals surface area contributed by atoms with Crippen molar-refractivity contribution in [3.05, 3.63) is 52.5 Å². The van der Waals surface area contributed by atoms with Crippen LogP contribution in [0.2, 0.25) is 0 Å². The van der Waals surface area contributed by atoms with Crippen molar-refractivity contribution in [1.29, 1.82) is 0 Å². The summed E-state index contributed by atoms with van der Waals surface area (Å²) in [7, 11) is 0. The number of likely N-dealkylation sites (tertiary alicyclic amines) is 1. The van der Waals surface area contributed by atoms with Gasteiger partial charge in [0.2, 0.25) is 0 Å². The van der Waals surface area contributed by atoms with Gasteiger partial charge in [-0.2, -0.15) is 0 Å². The molecule has 3 heterocycles. The zero-order valence-corrected chi connectivity index (χ0v) is 18.2. The van der Waals surface area contributed by atoms with E-state index in [0.717, 1.165) is 54.9 Å². The van der Waals surface area contributed by atoms with Crippen LogP contribution in [0.4, 0.5) is 5.82 Å². The molecule has 1 unspecified atom stereocenters. The van der Waals surface area contributed by atoms with Crippen LogP contribution in [-0.2, 0) is 22.6 Å². The molecule has 1 fully saturated rings. The van der Waals surface area contributed by atoms with Crippen molar-refractivity contribution in [2.24, 2.45) is 0 Å². The molecule has 158 valence electrons. The number of ether oxygens (including phenoxy) is 1. The number of fused-ring (bicyclic) bond motifs is 1. The summed E-state index contributed by atoms with van der Waals surface area (Å²) in [5.74, 6) is 1.54. The Morgan fingerprint density at radius 1 is 1.23 bits per heavy atom. The van der Waals surface area contributed by atoms with Gasteiger partial charge in [-0.1, -0.05) is 24.6 Å². The summed E-state index contributed by atoms with van der Waals surface area (Å²) in [5.41, 5.74) is 0.940. The number of nitrogens with one attached hydrogen (secondary N) is 1. The highest BCUT2D eigenvalue weighted by molar-refractivity contribution is 7.09. The zero-order valence-electron chi connectivity index (χ0n) is 17.3. The summed E-state index contributed by atoms with van der Waals surface area (Å²) in [6.45, 7) is 4.62. The summed E-state index contributed by atoms with van der Waals surface area (Å²) in [6.07, 6.45) is 3.73. The molecule has 0 saturated carbocycles. The molecule has 4 rings (SSSR count). The number of piperidine rings is 1. The van der Waals surface area contributed by atoms with Crippen molar-refractivity contribution in [1.82, 2.24) is 14.9 Å². The summed E-state index contributed by atoms with van der Waals surface area (Å²) in [6, 6.07) is 12.5. The molecule has 1 aliphatic heterocycles. The van der Waals surface area contributed by atoms with Crippen LogP contribution in [0.1, 0.15) is 43.3 Å². The Morgan fingerprint density at radius 3 is 2.97 bits per heavy atom. The topological polar surface area (TPSA) is 67.3 Å². The Kier molecular flexibility index (Phi) is 6.92. The first-order valence-corrected chi connectivity index (χ1v) is 11.5. The highest BCUT2D eigenvalue weighted by Crippen LogP contribution is 2.25. The molecule has 1 saturated heterocycles. The summed E-state index contributed by atoms with van der Waals surface area (Å²) < 4.78 is 5.18. The van der Waals surface area contributed by atoms with Gasteiger partial charge in [-0.3, -0.25) is 9.69 Å². The first-order chi connectivity index (χ1) is 14.7. The minimum atomic E-state index is -0.118. The van der Waals surface area contributed by atoms with Crippen LogP contribution in [0.5, 0.6) is 0 Å². The maximum absolute atomic E-state index is 12.0. The van der Waals surface area contributed by atoms with Crippen molar-refractivity contribution in [3.63, 3.8) is 0 Å². The zero-order chi connectivity index (χ0) is 20.8. The third-order valence-corrected chi connectivity index (χ3v) is 6.34. The van der Waals surface area contributed by atoms with Crippen LogP contribution < -0.4 is 5.32 Å². The Bertz CT molecular complexity index is 977. The lowest BCUT2D eigenvalue weighted by molar-refractivity contribution is -0.145. The molecule has 1 aliphatic rings. The van der Waals surface area contributed by atoms with E-state index in [2.05, 4.69) is 33.8 Å². The molecule has 6 nitrogen and oxygen atoms in total. The van der Waals surface area contributed by atoms with Crippen LogP contribution in [-0.4, -0.2) is 40.0 Å². The highest BCUT2D eigenvalue weighted by atomic mass is 32.1. The summed E-state index contributed by atoms with van der Waals surface area (Å²) >= 11 is 1.73. The number of aromatic nitrogens is 2. The molecular weight excluding hydrogens is 396 g/mol. The molecule has 1 N–H and O–H groups in total. The van der Waals surface area contributed by atoms with Gasteiger partial charge in [0, 0.05) is 16.3 Å². The van der Waals surface area contributed by atoms with Crippen LogP contribution >= 0.6 is 11.3 Å². The number of hydrogen-bond donors (Lipinski definition) is 1. The number of carbonyl (C=O) groups is 1. The maximum atomic E-state index is 12.0. The van der Waals surface area contributed by atoms with E-state index in [4.69, 9.17) is 14.7 Å². The van der Waals surface area contributed by atoms with Gasteiger partial charge in [0.05, 0.1) is 31.6 Å². The number of anilines is 1. The molecule has 2 aromatic heterocycles. The second-order valence-electron chi connectivity index (χ2n) is 7.57. The predicted octanol–water partition coefficient (Wildman–Crippen LogP) is 4.61. The number of nitrogens with zero attached hydrogens (tertiary/aromatic N) is 3. The van der Waals surface area contributed by atoms with Crippen LogP contribution in [0.15, 0.2) is 41.8 Å². The van der Waals surface area contributed by atoms with Gasteiger partial charge in [-0.05, 0) is 49.9 Å². The van der Waals surface area contributed by atoms with Gasteiger partial charge >= 0.3 is 5.97 Å². The number of hydrogen-bond acceptors (Lipinski definition) is 7. The summed E-state index contributed by atoms with van der Waals surface area (Å²) in [5, 5.41) is 6.61. The third-order valence-electron chi connectivity index (χ3n) is 5.46. The number of para-hydroxylation sites is 1. The van der Waals surface area contributed by atoms with Gasteiger partial charge in [0.15, 0.2) is 0 Å². The van der Waals surface area contributed by atoms with Crippen molar-refractivity contribution >= 4 is 34.0 Å². The number of rotatable bonds is 8.